The minimum Gasteiger partial charge on any atom is -0.314 e. The summed E-state index contributed by atoms with van der Waals surface area (Å²) in [6, 6.07) is 5.59. The maximum atomic E-state index is 3.03. The molecule has 1 fully saturated rings. The fraction of sp³-hybridized carbons (Fsp3) is 0.811. The van der Waals surface area contributed by atoms with Gasteiger partial charge in [0.2, 0.25) is 0 Å². The van der Waals surface area contributed by atoms with Gasteiger partial charge in [-0.3, -0.25) is 0 Å². The molecule has 0 aliphatic heterocycles. The zero-order chi connectivity index (χ0) is 40.2. The van der Waals surface area contributed by atoms with Gasteiger partial charge in [0.15, 0.2) is 0 Å². The average Bonchev–Trinajstić information content (AvgIpc) is 3.68. The number of allylic oxidation sites excluding steroid dienone is 4. The highest BCUT2D eigenvalue weighted by Gasteiger charge is 2.57. The molecule has 1 aromatic carbocycles. The molecule has 0 radical (unpaired) electrons. The first-order valence-electron chi connectivity index (χ1n) is 24.3. The summed E-state index contributed by atoms with van der Waals surface area (Å²) in [7, 11) is -1.86. The number of hydrogen-bond donors (Lipinski definition) is 0. The molecule has 0 bridgehead atoms. The Balaban J connectivity index is 1.37. The Hall–Kier alpha value is -1.12. The van der Waals surface area contributed by atoms with E-state index >= 15 is 0 Å². The lowest BCUT2D eigenvalue weighted by Gasteiger charge is -2.57. The number of benzene rings is 1. The Bertz CT molecular complexity index is 1440. The van der Waals surface area contributed by atoms with Gasteiger partial charge in [-0.1, -0.05) is 175 Å². The average molecular weight is 770 g/mol. The normalized spacial score (nSPS) is 25.9. The van der Waals surface area contributed by atoms with Crippen LogP contribution >= 0.6 is 0 Å². The SMILES string of the molecule is CCCCCCCCCCCCCCC1(C)Cc2cc3c(cc2C1)C(CCCC)(CCCC)C1=CC2C(C=C13)CC(C)C2[Si](C)(C)N(C(C)(C)C)C(C)(C)C. The molecule has 4 aliphatic carbocycles. The molecule has 1 saturated carbocycles. The predicted octanol–water partition coefficient (Wildman–Crippen LogP) is 16.6. The number of rotatable bonds is 21. The van der Waals surface area contributed by atoms with Crippen molar-refractivity contribution < 1.29 is 0 Å². The predicted molar refractivity (Wildman–Crippen MR) is 248 cm³/mol. The van der Waals surface area contributed by atoms with Crippen LogP contribution in [0.4, 0.5) is 0 Å². The van der Waals surface area contributed by atoms with E-state index in [1.165, 1.54) is 141 Å². The Labute approximate surface area is 344 Å². The molecule has 0 amide bonds. The van der Waals surface area contributed by atoms with Crippen molar-refractivity contribution in [1.82, 2.24) is 4.57 Å². The summed E-state index contributed by atoms with van der Waals surface area (Å²) < 4.78 is 3.03. The van der Waals surface area contributed by atoms with Crippen LogP contribution in [0.1, 0.15) is 227 Å². The van der Waals surface area contributed by atoms with Crippen molar-refractivity contribution in [3.8, 4) is 0 Å². The van der Waals surface area contributed by atoms with Gasteiger partial charge in [0.1, 0.15) is 8.24 Å². The van der Waals surface area contributed by atoms with Gasteiger partial charge in [-0.05, 0) is 142 Å². The molecule has 0 spiro atoms. The highest BCUT2D eigenvalue weighted by Crippen LogP contribution is 2.64. The topological polar surface area (TPSA) is 3.24 Å². The second kappa shape index (κ2) is 18.4. The molecule has 1 nitrogen and oxygen atoms in total. The molecule has 4 aliphatic rings. The molecule has 0 aromatic heterocycles. The Morgan fingerprint density at radius 2 is 1.15 bits per heavy atom. The fourth-order valence-electron chi connectivity index (χ4n) is 14.0. The molecule has 0 N–H and O–H groups in total. The Morgan fingerprint density at radius 1 is 0.655 bits per heavy atom. The second-order valence-electron chi connectivity index (χ2n) is 22.7. The lowest BCUT2D eigenvalue weighted by atomic mass is 9.68. The van der Waals surface area contributed by atoms with Crippen LogP contribution in [0.5, 0.6) is 0 Å². The number of unbranched alkanes of at least 4 members (excludes halogenated alkanes) is 13. The maximum absolute atomic E-state index is 3.03. The van der Waals surface area contributed by atoms with Crippen LogP contribution in [0.2, 0.25) is 18.6 Å². The van der Waals surface area contributed by atoms with E-state index in [0.717, 1.165) is 11.5 Å². The second-order valence-corrected chi connectivity index (χ2v) is 27.2. The first-order valence-corrected chi connectivity index (χ1v) is 27.4. The minimum atomic E-state index is -1.86. The molecule has 312 valence electrons. The van der Waals surface area contributed by atoms with Crippen molar-refractivity contribution in [2.24, 2.45) is 23.2 Å². The molecular formula is C53H91NSi. The van der Waals surface area contributed by atoms with Gasteiger partial charge in [0.25, 0.3) is 0 Å². The molecule has 5 atom stereocenters. The largest absolute Gasteiger partial charge is 0.314 e. The number of fused-ring (bicyclic) bond motifs is 5. The fourth-order valence-corrected chi connectivity index (χ4v) is 20.6. The minimum absolute atomic E-state index is 0.159. The highest BCUT2D eigenvalue weighted by atomic mass is 28.3. The van der Waals surface area contributed by atoms with Crippen molar-refractivity contribution in [1.29, 1.82) is 0 Å². The van der Waals surface area contributed by atoms with Crippen molar-refractivity contribution in [2.75, 3.05) is 0 Å². The van der Waals surface area contributed by atoms with Gasteiger partial charge >= 0.3 is 0 Å². The third kappa shape index (κ3) is 9.85. The molecule has 55 heavy (non-hydrogen) atoms. The quantitative estimate of drug-likeness (QED) is 0.0889. The van der Waals surface area contributed by atoms with E-state index in [0.29, 0.717) is 17.3 Å². The van der Waals surface area contributed by atoms with Gasteiger partial charge in [-0.25, -0.2) is 0 Å². The van der Waals surface area contributed by atoms with Crippen molar-refractivity contribution >= 4 is 13.8 Å². The van der Waals surface area contributed by atoms with E-state index in [4.69, 9.17) is 0 Å². The third-order valence-corrected chi connectivity index (χ3v) is 20.5. The van der Waals surface area contributed by atoms with Crippen molar-refractivity contribution in [2.45, 2.75) is 253 Å². The van der Waals surface area contributed by atoms with E-state index in [-0.39, 0.29) is 16.5 Å². The van der Waals surface area contributed by atoms with Crippen molar-refractivity contribution in [3.05, 3.63) is 52.1 Å². The van der Waals surface area contributed by atoms with E-state index in [1.54, 1.807) is 33.4 Å². The summed E-state index contributed by atoms with van der Waals surface area (Å²) in [6.07, 6.45) is 36.4. The van der Waals surface area contributed by atoms with Crippen LogP contribution in [0, 0.1) is 23.2 Å². The maximum Gasteiger partial charge on any atom is 0.127 e. The summed E-state index contributed by atoms with van der Waals surface area (Å²) in [4.78, 5) is 0. The number of hydrogen-bond acceptors (Lipinski definition) is 1. The summed E-state index contributed by atoms with van der Waals surface area (Å²) in [6.45, 7) is 32.8. The third-order valence-electron chi connectivity index (χ3n) is 15.4. The Kier molecular flexibility index (Phi) is 15.1. The van der Waals surface area contributed by atoms with Gasteiger partial charge in [-0.15, -0.1) is 0 Å². The van der Waals surface area contributed by atoms with Crippen LogP contribution in [-0.4, -0.2) is 23.9 Å². The molecule has 2 heteroatoms. The summed E-state index contributed by atoms with van der Waals surface area (Å²) in [5, 5.41) is 0. The molecule has 5 rings (SSSR count). The van der Waals surface area contributed by atoms with Crippen LogP contribution in [0.25, 0.3) is 5.57 Å². The van der Waals surface area contributed by atoms with Gasteiger partial charge < -0.3 is 4.57 Å². The van der Waals surface area contributed by atoms with Crippen LogP contribution in [-0.2, 0) is 18.3 Å². The van der Waals surface area contributed by atoms with Crippen LogP contribution in [0.15, 0.2) is 29.9 Å². The van der Waals surface area contributed by atoms with E-state index in [1.807, 2.05) is 0 Å². The smallest absolute Gasteiger partial charge is 0.127 e. The van der Waals surface area contributed by atoms with E-state index in [9.17, 15) is 0 Å². The monoisotopic (exact) mass is 770 g/mol. The zero-order valence-corrected chi connectivity index (χ0v) is 40.1. The summed E-state index contributed by atoms with van der Waals surface area (Å²) >= 11 is 0. The summed E-state index contributed by atoms with van der Waals surface area (Å²) in [5.74, 6) is 2.11. The Morgan fingerprint density at radius 3 is 1.65 bits per heavy atom. The first kappa shape index (κ1) is 45.0. The molecule has 0 saturated heterocycles. The molecule has 0 heterocycles. The van der Waals surface area contributed by atoms with E-state index < -0.39 is 8.24 Å². The van der Waals surface area contributed by atoms with E-state index in [2.05, 4.69) is 118 Å². The molecule has 1 aromatic rings. The number of nitrogens with zero attached hydrogens (tertiary/aromatic N) is 1. The van der Waals surface area contributed by atoms with Crippen LogP contribution < -0.4 is 0 Å². The lowest BCUT2D eigenvalue weighted by Crippen LogP contribution is -2.67. The van der Waals surface area contributed by atoms with Gasteiger partial charge in [0, 0.05) is 16.5 Å². The van der Waals surface area contributed by atoms with Crippen molar-refractivity contribution in [3.63, 3.8) is 0 Å². The lowest BCUT2D eigenvalue weighted by molar-refractivity contribution is 0.121. The first-order chi connectivity index (χ1) is 25.9. The van der Waals surface area contributed by atoms with Gasteiger partial charge in [-0.2, -0.15) is 0 Å². The summed E-state index contributed by atoms with van der Waals surface area (Å²) in [5.41, 5.74) is 12.0. The highest BCUT2D eigenvalue weighted by molar-refractivity contribution is 6.76. The zero-order valence-electron chi connectivity index (χ0n) is 39.1. The van der Waals surface area contributed by atoms with Crippen LogP contribution in [0.3, 0.4) is 0 Å². The molecule has 5 unspecified atom stereocenters. The molecular weight excluding hydrogens is 679 g/mol. The van der Waals surface area contributed by atoms with Gasteiger partial charge in [0.05, 0.1) is 0 Å². The standard InChI is InChI=1S/C53H91NSi/c1-14-17-20-21-22-23-24-25-26-27-28-29-30-52(11)38-42-35-46-45-34-41-33-40(4)49(55(12,13)54(50(5,6)7)51(8,9)10)44(41)37-48(45)53(31-18-15-2,32-19-16-3)47(46)36-43(42)39-52/h34-37,40-41,44,49H,14-33,38-39H2,1-13H3.